The third-order valence-corrected chi connectivity index (χ3v) is 9.30. The first kappa shape index (κ1) is 26.9. The van der Waals surface area contributed by atoms with Crippen LogP contribution in [0.4, 0.5) is 0 Å². The van der Waals surface area contributed by atoms with Crippen molar-refractivity contribution < 1.29 is 32.6 Å². The van der Waals surface area contributed by atoms with Crippen molar-refractivity contribution in [3.8, 4) is 11.5 Å². The van der Waals surface area contributed by atoms with Crippen molar-refractivity contribution in [3.05, 3.63) is 53.6 Å². The quantitative estimate of drug-likeness (QED) is 0.556. The molecule has 2 aromatic carbocycles. The fourth-order valence-electron chi connectivity index (χ4n) is 5.41. The molecular formula is C27H34N2O7S. The summed E-state index contributed by atoms with van der Waals surface area (Å²) in [5.74, 6) is -0.936. The number of sulfonamides is 1. The van der Waals surface area contributed by atoms with E-state index in [-0.39, 0.29) is 29.7 Å². The van der Waals surface area contributed by atoms with Gasteiger partial charge in [0.2, 0.25) is 15.9 Å². The fraction of sp³-hybridized carbons (Fsp3) is 0.481. The lowest BCUT2D eigenvalue weighted by Gasteiger charge is -2.42. The van der Waals surface area contributed by atoms with Crippen molar-refractivity contribution in [2.75, 3.05) is 14.2 Å². The van der Waals surface area contributed by atoms with Crippen LogP contribution in [0.15, 0.2) is 47.4 Å². The van der Waals surface area contributed by atoms with Gasteiger partial charge in [0.05, 0.1) is 19.1 Å². The highest BCUT2D eigenvalue weighted by Crippen LogP contribution is 2.35. The van der Waals surface area contributed by atoms with Crippen LogP contribution in [0.3, 0.4) is 0 Å². The monoisotopic (exact) mass is 530 g/mol. The maximum atomic E-state index is 14.2. The summed E-state index contributed by atoms with van der Waals surface area (Å²) in [6.07, 6.45) is 4.42. The predicted molar refractivity (Wildman–Crippen MR) is 137 cm³/mol. The number of benzene rings is 2. The Hall–Kier alpha value is -3.11. The summed E-state index contributed by atoms with van der Waals surface area (Å²) in [5.41, 5.74) is 1.69. The maximum Gasteiger partial charge on any atom is 0.326 e. The number of hydrogen-bond donors (Lipinski definition) is 1. The molecule has 2 aromatic rings. The van der Waals surface area contributed by atoms with Crippen LogP contribution in [0.25, 0.3) is 0 Å². The van der Waals surface area contributed by atoms with Gasteiger partial charge >= 0.3 is 5.97 Å². The molecule has 1 heterocycles. The Bertz CT molecular complexity index is 1260. The molecule has 10 heteroatoms. The Kier molecular flexibility index (Phi) is 8.08. The molecule has 1 N–H and O–H groups in total. The van der Waals surface area contributed by atoms with Gasteiger partial charge in [0.1, 0.15) is 12.1 Å². The summed E-state index contributed by atoms with van der Waals surface area (Å²) in [4.78, 5) is 27.6. The van der Waals surface area contributed by atoms with E-state index in [1.54, 1.807) is 0 Å². The van der Waals surface area contributed by atoms with Crippen molar-refractivity contribution in [2.24, 2.45) is 0 Å². The van der Waals surface area contributed by atoms with E-state index < -0.39 is 34.0 Å². The molecule has 0 radical (unpaired) electrons. The Balaban J connectivity index is 1.79. The Morgan fingerprint density at radius 3 is 2.27 bits per heavy atom. The lowest BCUT2D eigenvalue weighted by atomic mass is 9.90. The van der Waals surface area contributed by atoms with E-state index >= 15 is 0 Å². The first-order chi connectivity index (χ1) is 17.7. The zero-order chi connectivity index (χ0) is 26.7. The van der Waals surface area contributed by atoms with Crippen LogP contribution in [0.5, 0.6) is 11.5 Å². The number of carbonyl (C=O) groups is 2. The van der Waals surface area contributed by atoms with Crippen LogP contribution in [0, 0.1) is 0 Å². The minimum absolute atomic E-state index is 0.00319. The van der Waals surface area contributed by atoms with Gasteiger partial charge in [-0.3, -0.25) is 4.79 Å². The van der Waals surface area contributed by atoms with Gasteiger partial charge in [0.15, 0.2) is 11.5 Å². The average molecular weight is 531 g/mol. The summed E-state index contributed by atoms with van der Waals surface area (Å²) < 4.78 is 39.8. The number of amides is 1. The Labute approximate surface area is 218 Å². The van der Waals surface area contributed by atoms with Crippen LogP contribution in [-0.2, 0) is 32.6 Å². The number of carboxylic acid groups (broad SMARTS) is 1. The van der Waals surface area contributed by atoms with Crippen molar-refractivity contribution in [3.63, 3.8) is 0 Å². The van der Waals surface area contributed by atoms with Crippen molar-refractivity contribution in [2.45, 2.75) is 75.0 Å². The summed E-state index contributed by atoms with van der Waals surface area (Å²) in [6, 6.07) is 9.38. The lowest BCUT2D eigenvalue weighted by Crippen LogP contribution is -2.59. The third-order valence-electron chi connectivity index (χ3n) is 7.45. The van der Waals surface area contributed by atoms with Crippen molar-refractivity contribution >= 4 is 21.9 Å². The second-order valence-electron chi connectivity index (χ2n) is 9.61. The molecule has 1 aliphatic heterocycles. The highest BCUT2D eigenvalue weighted by molar-refractivity contribution is 7.89. The Morgan fingerprint density at radius 2 is 1.65 bits per heavy atom. The van der Waals surface area contributed by atoms with Gasteiger partial charge in [0, 0.05) is 18.7 Å². The minimum atomic E-state index is -4.16. The van der Waals surface area contributed by atoms with E-state index in [9.17, 15) is 23.1 Å². The van der Waals surface area contributed by atoms with Gasteiger partial charge in [-0.25, -0.2) is 13.2 Å². The number of nitrogens with zero attached hydrogens (tertiary/aromatic N) is 2. The summed E-state index contributed by atoms with van der Waals surface area (Å²) >= 11 is 0. The molecule has 2 aliphatic rings. The molecular weight excluding hydrogens is 496 g/mol. The van der Waals surface area contributed by atoms with Crippen molar-refractivity contribution in [1.29, 1.82) is 0 Å². The molecule has 0 bridgehead atoms. The largest absolute Gasteiger partial charge is 0.493 e. The van der Waals surface area contributed by atoms with Gasteiger partial charge in [-0.1, -0.05) is 43.5 Å². The predicted octanol–water partition coefficient (Wildman–Crippen LogP) is 3.45. The summed E-state index contributed by atoms with van der Waals surface area (Å²) in [7, 11) is -1.28. The van der Waals surface area contributed by atoms with Crippen LogP contribution >= 0.6 is 0 Å². The number of hydrogen-bond acceptors (Lipinski definition) is 6. The Morgan fingerprint density at radius 1 is 1.00 bits per heavy atom. The number of carboxylic acids is 1. The average Bonchev–Trinajstić information content (AvgIpc) is 2.92. The molecule has 37 heavy (non-hydrogen) atoms. The SMILES string of the molecule is COc1ccc(S(=O)(=O)N2Cc3ccccc3C[C@H]2C(=O)N(C2CCCCC2)C(C)C(=O)O)cc1OC. The standard InChI is InChI=1S/C27H34N2O7S/c1-18(27(31)32)29(21-11-5-4-6-12-21)26(30)23-15-19-9-7-8-10-20(19)17-28(23)37(33,34)22-13-14-24(35-2)25(16-22)36-3/h7-10,13-14,16,18,21,23H,4-6,11-12,15,17H2,1-3H3,(H,31,32)/t18?,23-/m0/s1. The summed E-state index contributed by atoms with van der Waals surface area (Å²) in [5, 5.41) is 9.85. The van der Waals surface area contributed by atoms with Gasteiger partial charge in [0.25, 0.3) is 0 Å². The number of methoxy groups -OCH3 is 2. The van der Waals surface area contributed by atoms with E-state index in [0.29, 0.717) is 18.6 Å². The molecule has 9 nitrogen and oxygen atoms in total. The zero-order valence-corrected chi connectivity index (χ0v) is 22.2. The third kappa shape index (κ3) is 5.31. The molecule has 0 saturated heterocycles. The topological polar surface area (TPSA) is 113 Å². The molecule has 1 unspecified atom stereocenters. The van der Waals surface area contributed by atoms with E-state index in [1.807, 2.05) is 24.3 Å². The fourth-order valence-corrected chi connectivity index (χ4v) is 6.99. The van der Waals surface area contributed by atoms with Crippen LogP contribution in [0.2, 0.25) is 0 Å². The molecule has 200 valence electrons. The number of aliphatic carboxylic acids is 1. The molecule has 4 rings (SSSR count). The van der Waals surface area contributed by atoms with Crippen LogP contribution in [0.1, 0.15) is 50.2 Å². The molecule has 0 aromatic heterocycles. The first-order valence-electron chi connectivity index (χ1n) is 12.5. The smallest absolute Gasteiger partial charge is 0.326 e. The second kappa shape index (κ2) is 11.1. The molecule has 2 atom stereocenters. The number of fused-ring (bicyclic) bond motifs is 1. The second-order valence-corrected chi connectivity index (χ2v) is 11.5. The van der Waals surface area contributed by atoms with Crippen molar-refractivity contribution in [1.82, 2.24) is 9.21 Å². The molecule has 1 fully saturated rings. The van der Waals surface area contributed by atoms with E-state index in [1.165, 1.54) is 48.5 Å². The zero-order valence-electron chi connectivity index (χ0n) is 21.4. The highest BCUT2D eigenvalue weighted by Gasteiger charge is 2.44. The van der Waals surface area contributed by atoms with E-state index in [2.05, 4.69) is 0 Å². The van der Waals surface area contributed by atoms with E-state index in [4.69, 9.17) is 9.47 Å². The van der Waals surface area contributed by atoms with Gasteiger partial charge in [-0.2, -0.15) is 4.31 Å². The minimum Gasteiger partial charge on any atom is -0.493 e. The number of ether oxygens (including phenoxy) is 2. The van der Waals surface area contributed by atoms with Crippen LogP contribution < -0.4 is 9.47 Å². The molecule has 1 saturated carbocycles. The summed E-state index contributed by atoms with van der Waals surface area (Å²) in [6.45, 7) is 1.50. The van der Waals surface area contributed by atoms with Gasteiger partial charge in [-0.05, 0) is 49.4 Å². The highest BCUT2D eigenvalue weighted by atomic mass is 32.2. The maximum absolute atomic E-state index is 14.2. The molecule has 0 spiro atoms. The number of rotatable bonds is 8. The molecule has 1 amide bonds. The lowest BCUT2D eigenvalue weighted by molar-refractivity contribution is -0.154. The molecule has 1 aliphatic carbocycles. The first-order valence-corrected chi connectivity index (χ1v) is 14.0. The normalized spacial score (nSPS) is 19.5. The van der Waals surface area contributed by atoms with Gasteiger partial charge < -0.3 is 19.5 Å². The van der Waals surface area contributed by atoms with E-state index in [0.717, 1.165) is 30.4 Å². The van der Waals surface area contributed by atoms with Gasteiger partial charge in [-0.15, -0.1) is 0 Å². The van der Waals surface area contributed by atoms with Crippen LogP contribution in [-0.4, -0.2) is 67.0 Å². The number of carbonyl (C=O) groups excluding carboxylic acids is 1.